The molecule has 3 aromatic rings. The van der Waals surface area contributed by atoms with Gasteiger partial charge >= 0.3 is 0 Å². The van der Waals surface area contributed by atoms with Crippen LogP contribution in [0.2, 0.25) is 5.02 Å². The zero-order valence-electron chi connectivity index (χ0n) is 17.4. The van der Waals surface area contributed by atoms with Gasteiger partial charge in [0.05, 0.1) is 27.2 Å². The third kappa shape index (κ3) is 3.60. The van der Waals surface area contributed by atoms with Gasteiger partial charge in [0, 0.05) is 25.0 Å². The zero-order valence-corrected chi connectivity index (χ0v) is 18.1. The first-order valence-electron chi connectivity index (χ1n) is 10.7. The monoisotopic (exact) mass is 452 g/mol. The average Bonchev–Trinajstić information content (AvgIpc) is 3.10. The molecule has 1 aromatic heterocycles. The molecule has 0 atom stereocenters. The minimum absolute atomic E-state index is 0.00342. The summed E-state index contributed by atoms with van der Waals surface area (Å²) in [6.45, 7) is 0.565. The van der Waals surface area contributed by atoms with Crippen molar-refractivity contribution in [2.24, 2.45) is 5.41 Å². The van der Waals surface area contributed by atoms with Crippen LogP contribution in [0.4, 0.5) is 10.1 Å². The molecule has 1 spiro atoms. The van der Waals surface area contributed by atoms with E-state index in [-0.39, 0.29) is 22.9 Å². The lowest BCUT2D eigenvalue weighted by atomic mass is 9.71. The minimum Gasteiger partial charge on any atom is -0.349 e. The van der Waals surface area contributed by atoms with E-state index in [4.69, 9.17) is 11.6 Å². The number of hydrogen-bond donors (Lipinski definition) is 1. The van der Waals surface area contributed by atoms with Gasteiger partial charge in [-0.05, 0) is 62.4 Å². The van der Waals surface area contributed by atoms with Gasteiger partial charge in [-0.1, -0.05) is 17.7 Å². The van der Waals surface area contributed by atoms with Crippen LogP contribution in [0, 0.1) is 11.2 Å². The number of para-hydroxylation sites is 1. The summed E-state index contributed by atoms with van der Waals surface area (Å²) in [5.41, 5.74) is 1.88. The van der Waals surface area contributed by atoms with Crippen LogP contribution in [0.1, 0.15) is 42.5 Å². The molecule has 2 aromatic carbocycles. The van der Waals surface area contributed by atoms with Gasteiger partial charge in [-0.15, -0.1) is 0 Å². The molecule has 6 nitrogen and oxygen atoms in total. The molecule has 0 radical (unpaired) electrons. The Kier molecular flexibility index (Phi) is 5.29. The normalized spacial score (nSPS) is 23.1. The second-order valence-corrected chi connectivity index (χ2v) is 8.97. The maximum absolute atomic E-state index is 13.4. The summed E-state index contributed by atoms with van der Waals surface area (Å²) >= 11 is 6.19. The molecule has 1 N–H and O–H groups in total. The minimum atomic E-state index is -0.441. The van der Waals surface area contributed by atoms with Crippen molar-refractivity contribution in [2.45, 2.75) is 38.1 Å². The highest BCUT2D eigenvalue weighted by atomic mass is 35.5. The van der Waals surface area contributed by atoms with E-state index in [1.165, 1.54) is 12.1 Å². The SMILES string of the molecule is O=C(N[C@H]1CC[C@@]2(CCN(c3ccc(F)cc3Cl)C2=O)CC1)c1cccc2nccnc12. The van der Waals surface area contributed by atoms with E-state index >= 15 is 0 Å². The second kappa shape index (κ2) is 8.13. The van der Waals surface area contributed by atoms with E-state index in [0.717, 1.165) is 19.3 Å². The van der Waals surface area contributed by atoms with Gasteiger partial charge < -0.3 is 10.2 Å². The molecule has 8 heteroatoms. The number of nitrogens with one attached hydrogen (secondary N) is 1. The van der Waals surface area contributed by atoms with Gasteiger partial charge in [0.15, 0.2) is 0 Å². The van der Waals surface area contributed by atoms with Crippen molar-refractivity contribution in [1.29, 1.82) is 0 Å². The molecule has 164 valence electrons. The number of nitrogens with zero attached hydrogens (tertiary/aromatic N) is 3. The van der Waals surface area contributed by atoms with Crippen molar-refractivity contribution in [3.05, 3.63) is 65.2 Å². The Morgan fingerprint density at radius 3 is 2.69 bits per heavy atom. The van der Waals surface area contributed by atoms with Crippen molar-refractivity contribution in [3.63, 3.8) is 0 Å². The largest absolute Gasteiger partial charge is 0.349 e. The molecule has 1 aliphatic heterocycles. The molecule has 5 rings (SSSR count). The molecule has 1 aliphatic carbocycles. The summed E-state index contributed by atoms with van der Waals surface area (Å²) in [5, 5.41) is 3.36. The number of anilines is 1. The van der Waals surface area contributed by atoms with Crippen LogP contribution in [-0.4, -0.2) is 34.4 Å². The molecule has 32 heavy (non-hydrogen) atoms. The Morgan fingerprint density at radius 2 is 1.91 bits per heavy atom. The molecular weight excluding hydrogens is 431 g/mol. The van der Waals surface area contributed by atoms with Gasteiger partial charge in [0.2, 0.25) is 5.91 Å². The number of amides is 2. The summed E-state index contributed by atoms with van der Waals surface area (Å²) in [6.07, 6.45) is 6.75. The number of benzene rings is 2. The lowest BCUT2D eigenvalue weighted by Gasteiger charge is -2.36. The van der Waals surface area contributed by atoms with E-state index in [1.54, 1.807) is 35.5 Å². The summed E-state index contributed by atoms with van der Waals surface area (Å²) < 4.78 is 13.4. The summed E-state index contributed by atoms with van der Waals surface area (Å²) in [4.78, 5) is 36.4. The quantitative estimate of drug-likeness (QED) is 0.634. The van der Waals surface area contributed by atoms with Crippen LogP contribution < -0.4 is 10.2 Å². The summed E-state index contributed by atoms with van der Waals surface area (Å²) in [5.74, 6) is -0.553. The van der Waals surface area contributed by atoms with Crippen LogP contribution in [0.15, 0.2) is 48.8 Å². The number of rotatable bonds is 3. The van der Waals surface area contributed by atoms with Crippen molar-refractivity contribution in [2.75, 3.05) is 11.4 Å². The molecule has 1 saturated heterocycles. The highest BCUT2D eigenvalue weighted by Gasteiger charge is 2.49. The summed E-state index contributed by atoms with van der Waals surface area (Å²) in [6, 6.07) is 9.50. The molecule has 2 aliphatic rings. The smallest absolute Gasteiger partial charge is 0.253 e. The number of aromatic nitrogens is 2. The third-order valence-corrected chi connectivity index (χ3v) is 7.04. The topological polar surface area (TPSA) is 75.2 Å². The van der Waals surface area contributed by atoms with Crippen LogP contribution >= 0.6 is 11.6 Å². The third-order valence-electron chi connectivity index (χ3n) is 6.73. The molecule has 0 bridgehead atoms. The lowest BCUT2D eigenvalue weighted by Crippen LogP contribution is -2.44. The average molecular weight is 453 g/mol. The predicted molar refractivity (Wildman–Crippen MR) is 120 cm³/mol. The fraction of sp³-hybridized carbons (Fsp3) is 0.333. The molecular formula is C24H22ClFN4O2. The standard InChI is InChI=1S/C24H22ClFN4O2/c25-18-14-15(26)4-5-20(18)30-13-10-24(23(30)32)8-6-16(7-9-24)29-22(31)17-2-1-3-19-21(17)28-12-11-27-19/h1-5,11-12,14,16H,6-10,13H2,(H,29,31)/t16-,24-. The fourth-order valence-corrected chi connectivity index (χ4v) is 5.24. The second-order valence-electron chi connectivity index (χ2n) is 8.56. The van der Waals surface area contributed by atoms with E-state index < -0.39 is 11.2 Å². The Morgan fingerprint density at radius 1 is 1.12 bits per heavy atom. The van der Waals surface area contributed by atoms with Crippen LogP contribution in [0.5, 0.6) is 0 Å². The first-order valence-corrected chi connectivity index (χ1v) is 11.1. The van der Waals surface area contributed by atoms with Crippen LogP contribution in [0.25, 0.3) is 11.0 Å². The van der Waals surface area contributed by atoms with Crippen molar-refractivity contribution in [3.8, 4) is 0 Å². The first-order chi connectivity index (χ1) is 15.5. The molecule has 2 amide bonds. The number of fused-ring (bicyclic) bond motifs is 1. The van der Waals surface area contributed by atoms with Gasteiger partial charge in [0.1, 0.15) is 11.3 Å². The van der Waals surface area contributed by atoms with Crippen molar-refractivity contribution in [1.82, 2.24) is 15.3 Å². The van der Waals surface area contributed by atoms with E-state index in [9.17, 15) is 14.0 Å². The highest BCUT2D eigenvalue weighted by molar-refractivity contribution is 6.34. The highest BCUT2D eigenvalue weighted by Crippen LogP contribution is 2.47. The van der Waals surface area contributed by atoms with Gasteiger partial charge in [0.25, 0.3) is 5.91 Å². The maximum Gasteiger partial charge on any atom is 0.253 e. The van der Waals surface area contributed by atoms with Gasteiger partial charge in [-0.2, -0.15) is 0 Å². The first kappa shape index (κ1) is 20.8. The van der Waals surface area contributed by atoms with Gasteiger partial charge in [-0.25, -0.2) is 4.39 Å². The van der Waals surface area contributed by atoms with Crippen molar-refractivity contribution < 1.29 is 14.0 Å². The zero-order chi connectivity index (χ0) is 22.3. The van der Waals surface area contributed by atoms with Crippen LogP contribution in [-0.2, 0) is 4.79 Å². The number of halogens is 2. The maximum atomic E-state index is 13.4. The summed E-state index contributed by atoms with van der Waals surface area (Å²) in [7, 11) is 0. The van der Waals surface area contributed by atoms with E-state index in [0.29, 0.717) is 41.7 Å². The Hall–Kier alpha value is -3.06. The number of carbonyl (C=O) groups excluding carboxylic acids is 2. The fourth-order valence-electron chi connectivity index (χ4n) is 4.97. The number of hydrogen-bond acceptors (Lipinski definition) is 4. The van der Waals surface area contributed by atoms with Gasteiger partial charge in [-0.3, -0.25) is 19.6 Å². The van der Waals surface area contributed by atoms with E-state index in [1.807, 2.05) is 6.07 Å². The predicted octanol–water partition coefficient (Wildman–Crippen LogP) is 4.52. The molecule has 1 saturated carbocycles. The Bertz CT molecular complexity index is 1200. The molecule has 2 fully saturated rings. The Balaban J connectivity index is 1.26. The Labute approximate surface area is 189 Å². The lowest BCUT2D eigenvalue weighted by molar-refractivity contribution is -0.127. The number of carbonyl (C=O) groups is 2. The van der Waals surface area contributed by atoms with Crippen LogP contribution in [0.3, 0.4) is 0 Å². The van der Waals surface area contributed by atoms with Crippen molar-refractivity contribution >= 4 is 40.1 Å². The molecule has 0 unspecified atom stereocenters. The molecule has 2 heterocycles. The van der Waals surface area contributed by atoms with E-state index in [2.05, 4.69) is 15.3 Å².